The number of amides is 2. The van der Waals surface area contributed by atoms with Crippen LogP contribution in [0.25, 0.3) is 0 Å². The van der Waals surface area contributed by atoms with E-state index in [2.05, 4.69) is 5.32 Å². The van der Waals surface area contributed by atoms with Crippen LogP contribution in [0, 0.1) is 0 Å². The maximum absolute atomic E-state index is 12.3. The van der Waals surface area contributed by atoms with Gasteiger partial charge >= 0.3 is 0 Å². The van der Waals surface area contributed by atoms with Crippen molar-refractivity contribution in [2.45, 2.75) is 32.7 Å². The standard InChI is InChI=1S/C17H26N2O4/c1-17(2,3)18-15(20)11-19(4)16(21)9-12-7-8-13(22-5)10-14(12)23-6/h7-8,10H,9,11H2,1-6H3,(H,18,20). The monoisotopic (exact) mass is 322 g/mol. The summed E-state index contributed by atoms with van der Waals surface area (Å²) in [6, 6.07) is 5.30. The molecule has 0 aliphatic carbocycles. The third kappa shape index (κ3) is 6.18. The number of carbonyl (C=O) groups excluding carboxylic acids is 2. The van der Waals surface area contributed by atoms with Crippen LogP contribution in [0.5, 0.6) is 11.5 Å². The summed E-state index contributed by atoms with van der Waals surface area (Å²) >= 11 is 0. The molecule has 0 saturated heterocycles. The fraction of sp³-hybridized carbons (Fsp3) is 0.529. The predicted molar refractivity (Wildman–Crippen MR) is 88.8 cm³/mol. The zero-order valence-corrected chi connectivity index (χ0v) is 14.7. The molecule has 0 aliphatic heterocycles. The summed E-state index contributed by atoms with van der Waals surface area (Å²) in [4.78, 5) is 25.6. The van der Waals surface area contributed by atoms with E-state index < -0.39 is 0 Å². The van der Waals surface area contributed by atoms with Gasteiger partial charge in [-0.25, -0.2) is 0 Å². The number of benzene rings is 1. The van der Waals surface area contributed by atoms with E-state index in [1.165, 1.54) is 4.90 Å². The summed E-state index contributed by atoms with van der Waals surface area (Å²) in [6.45, 7) is 5.72. The Hall–Kier alpha value is -2.24. The molecule has 0 unspecified atom stereocenters. The van der Waals surface area contributed by atoms with Crippen LogP contribution in [0.2, 0.25) is 0 Å². The minimum atomic E-state index is -0.319. The third-order valence-corrected chi connectivity index (χ3v) is 3.16. The summed E-state index contributed by atoms with van der Waals surface area (Å²) in [7, 11) is 4.73. The Balaban J connectivity index is 2.70. The Bertz CT molecular complexity index is 564. The zero-order chi connectivity index (χ0) is 17.6. The molecular weight excluding hydrogens is 296 g/mol. The molecule has 2 amide bonds. The molecule has 0 atom stereocenters. The number of methoxy groups -OCH3 is 2. The first-order chi connectivity index (χ1) is 10.7. The van der Waals surface area contributed by atoms with Gasteiger partial charge in [0.05, 0.1) is 27.2 Å². The second kappa shape index (κ2) is 7.85. The van der Waals surface area contributed by atoms with Gasteiger partial charge in [-0.05, 0) is 26.8 Å². The Morgan fingerprint density at radius 1 is 1.17 bits per heavy atom. The Morgan fingerprint density at radius 2 is 1.83 bits per heavy atom. The van der Waals surface area contributed by atoms with E-state index in [9.17, 15) is 9.59 Å². The molecule has 23 heavy (non-hydrogen) atoms. The minimum absolute atomic E-state index is 0.0224. The van der Waals surface area contributed by atoms with Crippen molar-refractivity contribution < 1.29 is 19.1 Å². The topological polar surface area (TPSA) is 67.9 Å². The lowest BCUT2D eigenvalue weighted by atomic mass is 10.1. The molecule has 0 aliphatic rings. The van der Waals surface area contributed by atoms with Crippen LogP contribution < -0.4 is 14.8 Å². The SMILES string of the molecule is COc1ccc(CC(=O)N(C)CC(=O)NC(C)(C)C)c(OC)c1. The summed E-state index contributed by atoms with van der Waals surface area (Å²) < 4.78 is 10.4. The van der Waals surface area contributed by atoms with Gasteiger partial charge in [-0.3, -0.25) is 9.59 Å². The van der Waals surface area contributed by atoms with Gasteiger partial charge in [-0.15, -0.1) is 0 Å². The van der Waals surface area contributed by atoms with Crippen molar-refractivity contribution in [3.63, 3.8) is 0 Å². The van der Waals surface area contributed by atoms with Crippen molar-refractivity contribution in [3.8, 4) is 11.5 Å². The van der Waals surface area contributed by atoms with Gasteiger partial charge < -0.3 is 19.7 Å². The van der Waals surface area contributed by atoms with Gasteiger partial charge in [-0.2, -0.15) is 0 Å². The highest BCUT2D eigenvalue weighted by atomic mass is 16.5. The van der Waals surface area contributed by atoms with Gasteiger partial charge in [0, 0.05) is 24.2 Å². The molecule has 6 heteroatoms. The van der Waals surface area contributed by atoms with E-state index in [0.29, 0.717) is 11.5 Å². The molecule has 0 saturated carbocycles. The Labute approximate surface area is 137 Å². The molecule has 1 N–H and O–H groups in total. The maximum Gasteiger partial charge on any atom is 0.240 e. The first-order valence-corrected chi connectivity index (χ1v) is 7.42. The number of ether oxygens (including phenoxy) is 2. The van der Waals surface area contributed by atoms with Crippen molar-refractivity contribution in [3.05, 3.63) is 23.8 Å². The molecule has 0 bridgehead atoms. The number of nitrogens with zero attached hydrogens (tertiary/aromatic N) is 1. The summed E-state index contributed by atoms with van der Waals surface area (Å²) in [5, 5.41) is 2.83. The first-order valence-electron chi connectivity index (χ1n) is 7.42. The van der Waals surface area contributed by atoms with Crippen LogP contribution in [0.4, 0.5) is 0 Å². The lowest BCUT2D eigenvalue weighted by molar-refractivity contribution is -0.134. The van der Waals surface area contributed by atoms with E-state index in [1.807, 2.05) is 20.8 Å². The zero-order valence-electron chi connectivity index (χ0n) is 14.7. The highest BCUT2D eigenvalue weighted by molar-refractivity contribution is 5.86. The maximum atomic E-state index is 12.3. The van der Waals surface area contributed by atoms with Crippen LogP contribution in [-0.2, 0) is 16.0 Å². The number of likely N-dealkylation sites (N-methyl/N-ethyl adjacent to an activating group) is 1. The average Bonchev–Trinajstić information content (AvgIpc) is 2.45. The van der Waals surface area contributed by atoms with Gasteiger partial charge in [0.15, 0.2) is 0 Å². The van der Waals surface area contributed by atoms with Crippen molar-refractivity contribution in [2.24, 2.45) is 0 Å². The summed E-state index contributed by atoms with van der Waals surface area (Å²) in [5.41, 5.74) is 0.432. The Morgan fingerprint density at radius 3 is 2.35 bits per heavy atom. The van der Waals surface area contributed by atoms with E-state index in [1.54, 1.807) is 39.5 Å². The summed E-state index contributed by atoms with van der Waals surface area (Å²) in [6.07, 6.45) is 0.159. The highest BCUT2D eigenvalue weighted by Crippen LogP contribution is 2.25. The smallest absolute Gasteiger partial charge is 0.240 e. The molecular formula is C17H26N2O4. The second-order valence-electron chi connectivity index (χ2n) is 6.40. The quantitative estimate of drug-likeness (QED) is 0.864. The van der Waals surface area contributed by atoms with Crippen LogP contribution in [0.1, 0.15) is 26.3 Å². The molecule has 6 nitrogen and oxygen atoms in total. The molecule has 1 rings (SSSR count). The fourth-order valence-electron chi connectivity index (χ4n) is 2.06. The summed E-state index contributed by atoms with van der Waals surface area (Å²) in [5.74, 6) is 0.911. The number of rotatable bonds is 6. The predicted octanol–water partition coefficient (Wildman–Crippen LogP) is 1.62. The van der Waals surface area contributed by atoms with Crippen molar-refractivity contribution in [1.82, 2.24) is 10.2 Å². The lowest BCUT2D eigenvalue weighted by Crippen LogP contribution is -2.46. The lowest BCUT2D eigenvalue weighted by Gasteiger charge is -2.23. The van der Waals surface area contributed by atoms with Crippen molar-refractivity contribution in [2.75, 3.05) is 27.8 Å². The Kier molecular flexibility index (Phi) is 6.42. The molecule has 0 fully saturated rings. The number of carbonyl (C=O) groups is 2. The number of nitrogens with one attached hydrogen (secondary N) is 1. The number of hydrogen-bond acceptors (Lipinski definition) is 4. The van der Waals surface area contributed by atoms with Gasteiger partial charge in [0.25, 0.3) is 0 Å². The van der Waals surface area contributed by atoms with Gasteiger partial charge in [0.2, 0.25) is 11.8 Å². The molecule has 0 heterocycles. The molecule has 1 aromatic rings. The fourth-order valence-corrected chi connectivity index (χ4v) is 2.06. The molecule has 0 radical (unpaired) electrons. The van der Waals surface area contributed by atoms with Crippen molar-refractivity contribution in [1.29, 1.82) is 0 Å². The van der Waals surface area contributed by atoms with E-state index in [4.69, 9.17) is 9.47 Å². The van der Waals surface area contributed by atoms with E-state index in [-0.39, 0.29) is 30.3 Å². The van der Waals surface area contributed by atoms with Crippen LogP contribution in [0.3, 0.4) is 0 Å². The average molecular weight is 322 g/mol. The molecule has 1 aromatic carbocycles. The minimum Gasteiger partial charge on any atom is -0.497 e. The van der Waals surface area contributed by atoms with Gasteiger partial charge in [0.1, 0.15) is 11.5 Å². The van der Waals surface area contributed by atoms with Gasteiger partial charge in [-0.1, -0.05) is 6.07 Å². The van der Waals surface area contributed by atoms with Crippen LogP contribution in [0.15, 0.2) is 18.2 Å². The highest BCUT2D eigenvalue weighted by Gasteiger charge is 2.19. The first kappa shape index (κ1) is 18.8. The van der Waals surface area contributed by atoms with Crippen LogP contribution in [-0.4, -0.2) is 50.1 Å². The number of hydrogen-bond donors (Lipinski definition) is 1. The molecule has 0 spiro atoms. The van der Waals surface area contributed by atoms with Crippen LogP contribution >= 0.6 is 0 Å². The molecule has 0 aromatic heterocycles. The molecule has 128 valence electrons. The van der Waals surface area contributed by atoms with Crippen molar-refractivity contribution >= 4 is 11.8 Å². The van der Waals surface area contributed by atoms with E-state index in [0.717, 1.165) is 5.56 Å². The largest absolute Gasteiger partial charge is 0.497 e. The third-order valence-electron chi connectivity index (χ3n) is 3.16. The second-order valence-corrected chi connectivity index (χ2v) is 6.40. The van der Waals surface area contributed by atoms with E-state index >= 15 is 0 Å². The normalized spacial score (nSPS) is 10.9.